The van der Waals surface area contributed by atoms with E-state index in [1.165, 1.54) is 6.33 Å². The second-order valence-electron chi connectivity index (χ2n) is 5.44. The number of anilines is 3. The van der Waals surface area contributed by atoms with Gasteiger partial charge in [-0.3, -0.25) is 10.1 Å². The van der Waals surface area contributed by atoms with Crippen molar-refractivity contribution in [3.8, 4) is 0 Å². The molecule has 2 aromatic rings. The molecule has 1 aromatic carbocycles. The molecule has 0 unspecified atom stereocenters. The minimum atomic E-state index is -0.468. The zero-order chi connectivity index (χ0) is 16.2. The Morgan fingerprint density at radius 2 is 1.96 bits per heavy atom. The van der Waals surface area contributed by atoms with Crippen molar-refractivity contribution >= 4 is 34.6 Å². The molecule has 1 heterocycles. The molecule has 0 amide bonds. The zero-order valence-corrected chi connectivity index (χ0v) is 13.1. The van der Waals surface area contributed by atoms with Gasteiger partial charge in [0.15, 0.2) is 0 Å². The number of nitrogens with zero attached hydrogens (tertiary/aromatic N) is 3. The summed E-state index contributed by atoms with van der Waals surface area (Å²) >= 11 is 5.94. The molecule has 8 heteroatoms. The molecule has 0 bridgehead atoms. The summed E-state index contributed by atoms with van der Waals surface area (Å²) in [6, 6.07) is 7.16. The molecular formula is C15H16ClN5O2. The van der Waals surface area contributed by atoms with Gasteiger partial charge in [0.05, 0.1) is 4.92 Å². The van der Waals surface area contributed by atoms with E-state index in [0.29, 0.717) is 10.7 Å². The lowest BCUT2D eigenvalue weighted by atomic mass is 10.2. The maximum absolute atomic E-state index is 11.5. The first-order valence-electron chi connectivity index (χ1n) is 7.42. The predicted octanol–water partition coefficient (Wildman–Crippen LogP) is 4.14. The van der Waals surface area contributed by atoms with Crippen molar-refractivity contribution in [2.24, 2.45) is 0 Å². The molecule has 0 radical (unpaired) electrons. The fourth-order valence-electron chi connectivity index (χ4n) is 2.72. The lowest BCUT2D eigenvalue weighted by Gasteiger charge is -2.14. The van der Waals surface area contributed by atoms with Crippen molar-refractivity contribution in [3.63, 3.8) is 0 Å². The topological polar surface area (TPSA) is 93.0 Å². The summed E-state index contributed by atoms with van der Waals surface area (Å²) in [6.07, 6.45) is 5.57. The molecule has 0 spiro atoms. The van der Waals surface area contributed by atoms with Crippen LogP contribution in [0.4, 0.5) is 23.0 Å². The van der Waals surface area contributed by atoms with Crippen LogP contribution in [0.2, 0.25) is 5.02 Å². The van der Waals surface area contributed by atoms with Gasteiger partial charge in [-0.25, -0.2) is 9.97 Å². The summed E-state index contributed by atoms with van der Waals surface area (Å²) in [5.41, 5.74) is 0.477. The zero-order valence-electron chi connectivity index (χ0n) is 12.3. The van der Waals surface area contributed by atoms with Crippen LogP contribution in [-0.2, 0) is 0 Å². The third-order valence-corrected chi connectivity index (χ3v) is 4.02. The molecule has 120 valence electrons. The van der Waals surface area contributed by atoms with Crippen LogP contribution in [0.5, 0.6) is 0 Å². The Morgan fingerprint density at radius 1 is 1.22 bits per heavy atom. The Balaban J connectivity index is 1.91. The number of hydrogen-bond acceptors (Lipinski definition) is 6. The van der Waals surface area contributed by atoms with Gasteiger partial charge in [0.2, 0.25) is 11.6 Å². The van der Waals surface area contributed by atoms with Gasteiger partial charge in [-0.1, -0.05) is 30.5 Å². The summed E-state index contributed by atoms with van der Waals surface area (Å²) < 4.78 is 0. The van der Waals surface area contributed by atoms with E-state index in [1.807, 2.05) is 0 Å². The van der Waals surface area contributed by atoms with Gasteiger partial charge in [-0.2, -0.15) is 0 Å². The molecule has 2 N–H and O–H groups in total. The van der Waals surface area contributed by atoms with Gasteiger partial charge < -0.3 is 10.6 Å². The predicted molar refractivity (Wildman–Crippen MR) is 89.3 cm³/mol. The Kier molecular flexibility index (Phi) is 4.57. The number of hydrogen-bond donors (Lipinski definition) is 2. The number of nitrogens with one attached hydrogen (secondary N) is 2. The molecule has 1 aromatic heterocycles. The minimum Gasteiger partial charge on any atom is -0.361 e. The number of benzene rings is 1. The maximum Gasteiger partial charge on any atom is 0.353 e. The molecule has 0 aliphatic heterocycles. The summed E-state index contributed by atoms with van der Waals surface area (Å²) in [6.45, 7) is 0. The Bertz CT molecular complexity index is 719. The number of rotatable bonds is 5. The SMILES string of the molecule is O=[N+]([O-])c1c(Nc2cccc(Cl)c2)ncnc1NC1CCCC1. The highest BCUT2D eigenvalue weighted by molar-refractivity contribution is 6.30. The van der Waals surface area contributed by atoms with Crippen LogP contribution < -0.4 is 10.6 Å². The van der Waals surface area contributed by atoms with Crippen LogP contribution in [-0.4, -0.2) is 20.9 Å². The third-order valence-electron chi connectivity index (χ3n) is 3.79. The van der Waals surface area contributed by atoms with Crippen LogP contribution >= 0.6 is 11.6 Å². The van der Waals surface area contributed by atoms with Crippen molar-refractivity contribution in [2.75, 3.05) is 10.6 Å². The van der Waals surface area contributed by atoms with E-state index in [9.17, 15) is 10.1 Å². The molecule has 0 saturated heterocycles. The minimum absolute atomic E-state index is 0.146. The second-order valence-corrected chi connectivity index (χ2v) is 5.87. The number of halogens is 1. The summed E-state index contributed by atoms with van der Waals surface area (Å²) in [7, 11) is 0. The molecule has 1 aliphatic rings. The quantitative estimate of drug-likeness (QED) is 0.631. The lowest BCUT2D eigenvalue weighted by Crippen LogP contribution is -2.17. The average Bonchev–Trinajstić information content (AvgIpc) is 3.00. The third kappa shape index (κ3) is 3.68. The normalized spacial score (nSPS) is 14.7. The van der Waals surface area contributed by atoms with E-state index in [0.717, 1.165) is 25.7 Å². The Hall–Kier alpha value is -2.41. The summed E-state index contributed by atoms with van der Waals surface area (Å²) in [4.78, 5) is 19.1. The van der Waals surface area contributed by atoms with E-state index < -0.39 is 4.92 Å². The lowest BCUT2D eigenvalue weighted by molar-refractivity contribution is -0.383. The Labute approximate surface area is 138 Å². The second kappa shape index (κ2) is 6.78. The van der Waals surface area contributed by atoms with E-state index in [1.54, 1.807) is 24.3 Å². The fraction of sp³-hybridized carbons (Fsp3) is 0.333. The molecule has 3 rings (SSSR count). The highest BCUT2D eigenvalue weighted by Crippen LogP contribution is 2.33. The first kappa shape index (κ1) is 15.5. The van der Waals surface area contributed by atoms with Crippen LogP contribution in [0.15, 0.2) is 30.6 Å². The van der Waals surface area contributed by atoms with Gasteiger partial charge in [0, 0.05) is 16.8 Å². The molecule has 7 nitrogen and oxygen atoms in total. The summed E-state index contributed by atoms with van der Waals surface area (Å²) in [5, 5.41) is 18.1. The molecule has 1 fully saturated rings. The summed E-state index contributed by atoms with van der Waals surface area (Å²) in [5.74, 6) is 0.397. The standard InChI is InChI=1S/C15H16ClN5O2/c16-10-4-3-7-12(8-10)20-15-13(21(22)23)14(17-9-18-15)19-11-5-1-2-6-11/h3-4,7-9,11H,1-2,5-6H2,(H2,17,18,19,20). The average molecular weight is 334 g/mol. The van der Waals surface area contributed by atoms with Crippen LogP contribution in [0.3, 0.4) is 0 Å². The van der Waals surface area contributed by atoms with Crippen molar-refractivity contribution in [1.29, 1.82) is 0 Å². The Morgan fingerprint density at radius 3 is 2.65 bits per heavy atom. The van der Waals surface area contributed by atoms with Crippen LogP contribution in [0.1, 0.15) is 25.7 Å². The van der Waals surface area contributed by atoms with Crippen LogP contribution in [0.25, 0.3) is 0 Å². The smallest absolute Gasteiger partial charge is 0.353 e. The fourth-order valence-corrected chi connectivity index (χ4v) is 2.91. The van der Waals surface area contributed by atoms with Crippen molar-refractivity contribution < 1.29 is 4.92 Å². The van der Waals surface area contributed by atoms with E-state index in [4.69, 9.17) is 11.6 Å². The highest BCUT2D eigenvalue weighted by Gasteiger charge is 2.26. The molecule has 0 atom stereocenters. The first-order valence-corrected chi connectivity index (χ1v) is 7.80. The first-order chi connectivity index (χ1) is 11.1. The van der Waals surface area contributed by atoms with Crippen molar-refractivity contribution in [2.45, 2.75) is 31.7 Å². The van der Waals surface area contributed by atoms with Gasteiger partial charge in [0.1, 0.15) is 6.33 Å². The molecule has 23 heavy (non-hydrogen) atoms. The molecule has 1 aliphatic carbocycles. The van der Waals surface area contributed by atoms with Gasteiger partial charge >= 0.3 is 5.69 Å². The maximum atomic E-state index is 11.5. The van der Waals surface area contributed by atoms with E-state index in [-0.39, 0.29) is 23.4 Å². The van der Waals surface area contributed by atoms with Gasteiger partial charge in [-0.05, 0) is 31.0 Å². The molecule has 1 saturated carbocycles. The monoisotopic (exact) mass is 333 g/mol. The molecular weight excluding hydrogens is 318 g/mol. The van der Waals surface area contributed by atoms with E-state index >= 15 is 0 Å². The van der Waals surface area contributed by atoms with Crippen LogP contribution in [0, 0.1) is 10.1 Å². The van der Waals surface area contributed by atoms with Gasteiger partial charge in [-0.15, -0.1) is 0 Å². The van der Waals surface area contributed by atoms with Crippen molar-refractivity contribution in [1.82, 2.24) is 9.97 Å². The number of aromatic nitrogens is 2. The number of nitro groups is 1. The highest BCUT2D eigenvalue weighted by atomic mass is 35.5. The largest absolute Gasteiger partial charge is 0.361 e. The van der Waals surface area contributed by atoms with E-state index in [2.05, 4.69) is 20.6 Å². The van der Waals surface area contributed by atoms with Gasteiger partial charge in [0.25, 0.3) is 0 Å². The van der Waals surface area contributed by atoms with Crippen molar-refractivity contribution in [3.05, 3.63) is 45.7 Å².